The van der Waals surface area contributed by atoms with Gasteiger partial charge in [-0.1, -0.05) is 35.3 Å². The molecule has 3 nitrogen and oxygen atoms in total. The third-order valence-corrected chi connectivity index (χ3v) is 3.42. The van der Waals surface area contributed by atoms with Crippen molar-refractivity contribution in [1.82, 2.24) is 0 Å². The van der Waals surface area contributed by atoms with E-state index in [4.69, 9.17) is 14.2 Å². The van der Waals surface area contributed by atoms with E-state index in [0.29, 0.717) is 6.79 Å². The Labute approximate surface area is 117 Å². The van der Waals surface area contributed by atoms with Gasteiger partial charge in [0, 0.05) is 11.4 Å². The first-order chi connectivity index (χ1) is 8.72. The maximum absolute atomic E-state index is 5.95. The quantitative estimate of drug-likeness (QED) is 0.585. The van der Waals surface area contributed by atoms with Crippen molar-refractivity contribution in [3.63, 3.8) is 0 Å². The van der Waals surface area contributed by atoms with Crippen LogP contribution >= 0.6 is 15.9 Å². The van der Waals surface area contributed by atoms with Crippen molar-refractivity contribution in [3.05, 3.63) is 23.8 Å². The third kappa shape index (κ3) is 3.18. The molecule has 1 aromatic carbocycles. The summed E-state index contributed by atoms with van der Waals surface area (Å²) in [4.78, 5) is 0.259. The number of hydrogen-bond acceptors (Lipinski definition) is 3. The van der Waals surface area contributed by atoms with Gasteiger partial charge in [0.15, 0.2) is 11.5 Å². The van der Waals surface area contributed by atoms with Crippen molar-refractivity contribution in [3.8, 4) is 11.5 Å². The number of benzene rings is 1. The van der Waals surface area contributed by atoms with E-state index in [1.165, 1.54) is 0 Å². The SMILES string of the molecule is CCCCO[C@@H](c1ccc2c(c1)OCO2)[C@H](C)Br. The summed E-state index contributed by atoms with van der Waals surface area (Å²) in [7, 11) is 0. The summed E-state index contributed by atoms with van der Waals surface area (Å²) in [6.07, 6.45) is 2.27. The molecule has 0 unspecified atom stereocenters. The Balaban J connectivity index is 2.10. The fourth-order valence-corrected chi connectivity index (χ4v) is 2.40. The lowest BCUT2D eigenvalue weighted by atomic mass is 10.1. The molecule has 4 heteroatoms. The summed E-state index contributed by atoms with van der Waals surface area (Å²) >= 11 is 3.61. The lowest BCUT2D eigenvalue weighted by molar-refractivity contribution is 0.0530. The van der Waals surface area contributed by atoms with Gasteiger partial charge in [0.25, 0.3) is 0 Å². The van der Waals surface area contributed by atoms with E-state index in [-0.39, 0.29) is 10.9 Å². The standard InChI is InChI=1S/C14H19BrO3/c1-3-4-7-16-14(10(2)15)11-5-6-12-13(8-11)18-9-17-12/h5-6,8,10,14H,3-4,7,9H2,1-2H3/t10-,14+/m0/s1. The second kappa shape index (κ2) is 6.43. The number of alkyl halides is 1. The molecule has 18 heavy (non-hydrogen) atoms. The van der Waals surface area contributed by atoms with Crippen molar-refractivity contribution in [2.45, 2.75) is 37.6 Å². The topological polar surface area (TPSA) is 27.7 Å². The van der Waals surface area contributed by atoms with Gasteiger partial charge >= 0.3 is 0 Å². The zero-order chi connectivity index (χ0) is 13.0. The van der Waals surface area contributed by atoms with Gasteiger partial charge in [-0.3, -0.25) is 0 Å². The molecule has 0 fully saturated rings. The van der Waals surface area contributed by atoms with Gasteiger partial charge in [0.05, 0.1) is 6.10 Å². The highest BCUT2D eigenvalue weighted by Crippen LogP contribution is 2.36. The first-order valence-electron chi connectivity index (χ1n) is 6.37. The van der Waals surface area contributed by atoms with Crippen LogP contribution < -0.4 is 9.47 Å². The molecule has 0 saturated carbocycles. The highest BCUT2D eigenvalue weighted by molar-refractivity contribution is 9.09. The van der Waals surface area contributed by atoms with Crippen LogP contribution in [0.5, 0.6) is 11.5 Å². The summed E-state index contributed by atoms with van der Waals surface area (Å²) in [5.74, 6) is 1.62. The van der Waals surface area contributed by atoms with Gasteiger partial charge in [-0.05, 0) is 31.0 Å². The minimum absolute atomic E-state index is 0.0473. The number of fused-ring (bicyclic) bond motifs is 1. The van der Waals surface area contributed by atoms with Crippen LogP contribution in [0.1, 0.15) is 38.4 Å². The molecule has 1 aliphatic heterocycles. The van der Waals surface area contributed by atoms with Gasteiger partial charge in [0.2, 0.25) is 6.79 Å². The summed E-state index contributed by atoms with van der Waals surface area (Å²) in [6, 6.07) is 6.00. The molecule has 1 aliphatic rings. The molecule has 0 saturated heterocycles. The molecule has 0 amide bonds. The Hall–Kier alpha value is -0.740. The van der Waals surface area contributed by atoms with Crippen LogP contribution in [-0.2, 0) is 4.74 Å². The van der Waals surface area contributed by atoms with Crippen LogP contribution in [0.25, 0.3) is 0 Å². The van der Waals surface area contributed by atoms with Crippen LogP contribution in [-0.4, -0.2) is 18.2 Å². The average molecular weight is 315 g/mol. The maximum Gasteiger partial charge on any atom is 0.231 e. The zero-order valence-corrected chi connectivity index (χ0v) is 12.4. The lowest BCUT2D eigenvalue weighted by Crippen LogP contribution is -2.14. The fraction of sp³-hybridized carbons (Fsp3) is 0.571. The first-order valence-corrected chi connectivity index (χ1v) is 7.29. The number of halogens is 1. The number of ether oxygens (including phenoxy) is 3. The summed E-state index contributed by atoms with van der Waals surface area (Å²) in [5, 5.41) is 0. The Kier molecular flexibility index (Phi) is 4.89. The number of rotatable bonds is 6. The van der Waals surface area contributed by atoms with Crippen LogP contribution in [0.15, 0.2) is 18.2 Å². The lowest BCUT2D eigenvalue weighted by Gasteiger charge is -2.21. The maximum atomic E-state index is 5.95. The van der Waals surface area contributed by atoms with Crippen molar-refractivity contribution in [2.75, 3.05) is 13.4 Å². The van der Waals surface area contributed by atoms with Crippen LogP contribution in [0.3, 0.4) is 0 Å². The van der Waals surface area contributed by atoms with Gasteiger partial charge in [-0.15, -0.1) is 0 Å². The predicted octanol–water partition coefficient (Wildman–Crippen LogP) is 4.06. The van der Waals surface area contributed by atoms with Gasteiger partial charge in [0.1, 0.15) is 0 Å². The predicted molar refractivity (Wildman–Crippen MR) is 74.6 cm³/mol. The smallest absolute Gasteiger partial charge is 0.231 e. The Bertz CT molecular complexity index is 393. The van der Waals surface area contributed by atoms with Gasteiger partial charge in [-0.25, -0.2) is 0 Å². The zero-order valence-electron chi connectivity index (χ0n) is 10.8. The van der Waals surface area contributed by atoms with Crippen LogP contribution in [0, 0.1) is 0 Å². The molecule has 2 atom stereocenters. The summed E-state index contributed by atoms with van der Waals surface area (Å²) < 4.78 is 16.7. The molecular formula is C14H19BrO3. The van der Waals surface area contributed by atoms with E-state index >= 15 is 0 Å². The average Bonchev–Trinajstić information content (AvgIpc) is 2.81. The molecule has 0 spiro atoms. The molecule has 0 aliphatic carbocycles. The fourth-order valence-electron chi connectivity index (χ4n) is 1.94. The van der Waals surface area contributed by atoms with Crippen LogP contribution in [0.4, 0.5) is 0 Å². The number of unbranched alkanes of at least 4 members (excludes halogenated alkanes) is 1. The molecule has 0 aromatic heterocycles. The third-order valence-electron chi connectivity index (χ3n) is 2.94. The Morgan fingerprint density at radius 3 is 2.83 bits per heavy atom. The van der Waals surface area contributed by atoms with Crippen molar-refractivity contribution >= 4 is 15.9 Å². The largest absolute Gasteiger partial charge is 0.454 e. The molecular weight excluding hydrogens is 296 g/mol. The molecule has 0 N–H and O–H groups in total. The minimum Gasteiger partial charge on any atom is -0.454 e. The van der Waals surface area contributed by atoms with Crippen LogP contribution in [0.2, 0.25) is 0 Å². The molecule has 0 radical (unpaired) electrons. The van der Waals surface area contributed by atoms with E-state index in [1.54, 1.807) is 0 Å². The van der Waals surface area contributed by atoms with E-state index < -0.39 is 0 Å². The van der Waals surface area contributed by atoms with Crippen molar-refractivity contribution in [1.29, 1.82) is 0 Å². The molecule has 2 rings (SSSR count). The molecule has 1 heterocycles. The van der Waals surface area contributed by atoms with E-state index in [0.717, 1.165) is 36.5 Å². The highest BCUT2D eigenvalue weighted by Gasteiger charge is 2.21. The normalized spacial score (nSPS) is 16.6. The second-order valence-corrected chi connectivity index (χ2v) is 5.88. The Morgan fingerprint density at radius 1 is 1.33 bits per heavy atom. The van der Waals surface area contributed by atoms with Gasteiger partial charge < -0.3 is 14.2 Å². The monoisotopic (exact) mass is 314 g/mol. The number of hydrogen-bond donors (Lipinski definition) is 0. The molecule has 0 bridgehead atoms. The van der Waals surface area contributed by atoms with E-state index in [9.17, 15) is 0 Å². The summed E-state index contributed by atoms with van der Waals surface area (Å²) in [6.45, 7) is 5.35. The highest BCUT2D eigenvalue weighted by atomic mass is 79.9. The Morgan fingerprint density at radius 2 is 2.11 bits per heavy atom. The minimum atomic E-state index is 0.0473. The summed E-state index contributed by atoms with van der Waals surface area (Å²) in [5.41, 5.74) is 1.12. The van der Waals surface area contributed by atoms with Crippen molar-refractivity contribution in [2.24, 2.45) is 0 Å². The molecule has 1 aromatic rings. The second-order valence-electron chi connectivity index (χ2n) is 4.44. The molecule has 100 valence electrons. The van der Waals surface area contributed by atoms with E-state index in [1.807, 2.05) is 18.2 Å². The van der Waals surface area contributed by atoms with Gasteiger partial charge in [-0.2, -0.15) is 0 Å². The van der Waals surface area contributed by atoms with E-state index in [2.05, 4.69) is 29.8 Å². The van der Waals surface area contributed by atoms with Crippen molar-refractivity contribution < 1.29 is 14.2 Å². The first kappa shape index (κ1) is 13.7.